The number of carbonyl (C=O) groups is 1. The van der Waals surface area contributed by atoms with Gasteiger partial charge in [0.2, 0.25) is 0 Å². The van der Waals surface area contributed by atoms with Gasteiger partial charge in [0.1, 0.15) is 0 Å². The Bertz CT molecular complexity index is 231. The highest BCUT2D eigenvalue weighted by molar-refractivity contribution is 8.01. The van der Waals surface area contributed by atoms with Crippen LogP contribution in [0.5, 0.6) is 0 Å². The van der Waals surface area contributed by atoms with Crippen LogP contribution < -0.4 is 0 Å². The van der Waals surface area contributed by atoms with Gasteiger partial charge < -0.3 is 35.0 Å². The lowest BCUT2D eigenvalue weighted by Gasteiger charge is -2.08. The molecule has 60 valence electrons. The molecule has 0 unspecified atom stereocenters. The van der Waals surface area contributed by atoms with E-state index in [2.05, 4.69) is 29.6 Å². The lowest BCUT2D eigenvalue weighted by atomic mass is 10.3. The zero-order chi connectivity index (χ0) is 8.85. The maximum atomic E-state index is 10.8. The number of hydrogen-bond acceptors (Lipinski definition) is 4. The molecule has 0 N–H and O–H groups in total. The monoisotopic (exact) mass is 187 g/mol. The van der Waals surface area contributed by atoms with Gasteiger partial charge in [0.25, 0.3) is 0 Å². The van der Waals surface area contributed by atoms with Gasteiger partial charge in [-0.15, -0.1) is 4.20 Å². The normalized spacial score (nSPS) is 8.09. The van der Waals surface area contributed by atoms with E-state index in [1.807, 2.05) is 0 Å². The number of ether oxygens (including phenoxy) is 1. The quantitative estimate of drug-likeness (QED) is 0.213. The van der Waals surface area contributed by atoms with Gasteiger partial charge in [-0.1, -0.05) is 0 Å². The van der Waals surface area contributed by atoms with Gasteiger partial charge >= 0.3 is 5.97 Å². The first-order valence-corrected chi connectivity index (χ1v) is 3.60. The summed E-state index contributed by atoms with van der Waals surface area (Å²) in [4.78, 5) is 10.8. The van der Waals surface area contributed by atoms with Gasteiger partial charge in [-0.25, -0.2) is 4.79 Å². The molecular formula is C6H5NO2S2-2. The highest BCUT2D eigenvalue weighted by Gasteiger charge is 2.04. The number of thiocarbonyl (C=S) groups is 1. The summed E-state index contributed by atoms with van der Waals surface area (Å²) in [7, 11) is 0. The molecule has 0 aliphatic carbocycles. The summed E-state index contributed by atoms with van der Waals surface area (Å²) in [5.41, 5.74) is -0.267. The second-order valence-corrected chi connectivity index (χ2v) is 2.57. The molecule has 0 saturated carbocycles. The van der Waals surface area contributed by atoms with Crippen molar-refractivity contribution in [1.82, 2.24) is 0 Å². The fourth-order valence-corrected chi connectivity index (χ4v) is 0.636. The average molecular weight is 187 g/mol. The van der Waals surface area contributed by atoms with Crippen LogP contribution in [0.15, 0.2) is 5.57 Å². The number of nitrogens with zero attached hydrogens (tertiary/aromatic N) is 1. The van der Waals surface area contributed by atoms with Crippen molar-refractivity contribution in [1.29, 1.82) is 0 Å². The molecule has 0 amide bonds. The number of hydrogen-bond donors (Lipinski definition) is 0. The van der Waals surface area contributed by atoms with Crippen molar-refractivity contribution < 1.29 is 9.53 Å². The lowest BCUT2D eigenvalue weighted by molar-refractivity contribution is -0.137. The Balaban J connectivity index is 4.42. The molecule has 0 aliphatic rings. The minimum atomic E-state index is -0.741. The van der Waals surface area contributed by atoms with E-state index in [1.54, 1.807) is 12.8 Å². The van der Waals surface area contributed by atoms with E-state index in [0.29, 0.717) is 0 Å². The summed E-state index contributed by atoms with van der Waals surface area (Å²) in [5.74, 6) is 0.842. The first kappa shape index (κ1) is 10.2. The molecule has 0 bridgehead atoms. The lowest BCUT2D eigenvalue weighted by Crippen LogP contribution is -2.13. The van der Waals surface area contributed by atoms with Crippen molar-refractivity contribution in [3.63, 3.8) is 0 Å². The molecule has 0 aromatic heterocycles. The van der Waals surface area contributed by atoms with Gasteiger partial charge in [0.15, 0.2) is 0 Å². The molecule has 0 aromatic carbocycles. The van der Waals surface area contributed by atoms with Gasteiger partial charge in [-0.2, -0.15) is 0 Å². The Morgan fingerprint density at radius 2 is 2.36 bits per heavy atom. The van der Waals surface area contributed by atoms with E-state index < -0.39 is 5.97 Å². The molecule has 0 rings (SSSR count). The molecule has 0 fully saturated rings. The van der Waals surface area contributed by atoms with Crippen molar-refractivity contribution >= 4 is 40.9 Å². The Morgan fingerprint density at radius 1 is 1.82 bits per heavy atom. The van der Waals surface area contributed by atoms with Gasteiger partial charge in [0.05, 0.1) is 12.2 Å². The second kappa shape index (κ2) is 4.96. The van der Waals surface area contributed by atoms with Crippen molar-refractivity contribution in [3.05, 3.63) is 11.0 Å². The highest BCUT2D eigenvalue weighted by Crippen LogP contribution is 1.96. The summed E-state index contributed by atoms with van der Waals surface area (Å²) in [6, 6.07) is 0. The third-order valence-corrected chi connectivity index (χ3v) is 1.20. The zero-order valence-electron chi connectivity index (χ0n) is 5.79. The zero-order valence-corrected chi connectivity index (χ0v) is 7.42. The molecule has 0 aromatic rings. The standard InChI is InChI=1S/C6H6NO2S2/c1-2-9-5(8)4(3-7)6(10)11/h2H2,1H3,(H,10,11)/q-1/p-1. The van der Waals surface area contributed by atoms with Crippen molar-refractivity contribution in [2.45, 2.75) is 6.92 Å². The maximum absolute atomic E-state index is 10.8. The van der Waals surface area contributed by atoms with Crippen LogP contribution in [-0.4, -0.2) is 22.6 Å². The Morgan fingerprint density at radius 3 is 2.64 bits per heavy atom. The van der Waals surface area contributed by atoms with Crippen LogP contribution in [-0.2, 0) is 22.2 Å². The van der Waals surface area contributed by atoms with Crippen LogP contribution in [0.4, 0.5) is 0 Å². The van der Waals surface area contributed by atoms with Crippen LogP contribution in [0.3, 0.4) is 0 Å². The predicted octanol–water partition coefficient (Wildman–Crippen LogP) is 0.589. The molecule has 5 heteroatoms. The topological polar surface area (TPSA) is 48.6 Å². The summed E-state index contributed by atoms with van der Waals surface area (Å²) in [6.07, 6.45) is 0. The fraction of sp³-hybridized carbons (Fsp3) is 0.333. The van der Waals surface area contributed by atoms with E-state index in [4.69, 9.17) is 5.41 Å². The summed E-state index contributed by atoms with van der Waals surface area (Å²) in [6.45, 7) is 1.85. The van der Waals surface area contributed by atoms with Gasteiger partial charge in [0, 0.05) is 0 Å². The van der Waals surface area contributed by atoms with Crippen LogP contribution in [0, 0.1) is 0 Å². The molecule has 11 heavy (non-hydrogen) atoms. The number of carbonyl (C=O) groups excluding carboxylic acids is 1. The smallest absolute Gasteiger partial charge is 0.343 e. The summed E-state index contributed by atoms with van der Waals surface area (Å²) >= 11 is 8.92. The molecule has 0 aliphatic heterocycles. The summed E-state index contributed by atoms with van der Waals surface area (Å²) in [5, 5.41) is 8.35. The van der Waals surface area contributed by atoms with E-state index in [-0.39, 0.29) is 16.4 Å². The second-order valence-electron chi connectivity index (χ2n) is 1.49. The Hall–Kier alpha value is -0.770. The van der Waals surface area contributed by atoms with E-state index in [1.165, 1.54) is 0 Å². The van der Waals surface area contributed by atoms with Crippen LogP contribution in [0.25, 0.3) is 5.41 Å². The Labute approximate surface area is 75.3 Å². The average Bonchev–Trinajstić information content (AvgIpc) is 1.88. The molecule has 3 nitrogen and oxygen atoms in total. The van der Waals surface area contributed by atoms with Crippen molar-refractivity contribution in [2.24, 2.45) is 0 Å². The SMILES string of the molecule is CCOC(=O)C(=C=[N-])C(=S)[S-]. The minimum Gasteiger partial charge on any atom is -0.763 e. The van der Waals surface area contributed by atoms with E-state index in [9.17, 15) is 4.79 Å². The van der Waals surface area contributed by atoms with E-state index in [0.717, 1.165) is 0 Å². The number of rotatable bonds is 3. The molecule has 0 radical (unpaired) electrons. The highest BCUT2D eigenvalue weighted by atomic mass is 32.1. The third-order valence-electron chi connectivity index (χ3n) is 0.795. The summed E-state index contributed by atoms with van der Waals surface area (Å²) < 4.78 is 4.36. The molecule has 0 spiro atoms. The van der Waals surface area contributed by atoms with Crippen LogP contribution >= 0.6 is 12.2 Å². The molecular weight excluding hydrogens is 182 g/mol. The van der Waals surface area contributed by atoms with Crippen molar-refractivity contribution in [3.8, 4) is 0 Å². The predicted molar refractivity (Wildman–Crippen MR) is 48.5 cm³/mol. The molecule has 0 heterocycles. The van der Waals surface area contributed by atoms with E-state index >= 15 is 0 Å². The van der Waals surface area contributed by atoms with Gasteiger partial charge in [-0.3, -0.25) is 5.87 Å². The largest absolute Gasteiger partial charge is 0.763 e. The van der Waals surface area contributed by atoms with Crippen LogP contribution in [0.1, 0.15) is 6.92 Å². The van der Waals surface area contributed by atoms with Gasteiger partial charge in [-0.05, 0) is 6.92 Å². The van der Waals surface area contributed by atoms with Crippen LogP contribution in [0.2, 0.25) is 0 Å². The first-order valence-electron chi connectivity index (χ1n) is 2.79. The number of esters is 1. The maximum Gasteiger partial charge on any atom is 0.343 e. The Kier molecular flexibility index (Phi) is 4.61. The molecule has 0 atom stereocenters. The van der Waals surface area contributed by atoms with Crippen molar-refractivity contribution in [2.75, 3.05) is 6.61 Å². The minimum absolute atomic E-state index is 0.147. The third kappa shape index (κ3) is 3.23. The first-order chi connectivity index (χ1) is 5.13. The fourth-order valence-electron chi connectivity index (χ4n) is 0.378. The molecule has 0 saturated heterocycles.